The van der Waals surface area contributed by atoms with Crippen molar-refractivity contribution in [2.45, 2.75) is 37.1 Å². The molecule has 0 aliphatic carbocycles. The molecule has 0 heterocycles. The first-order valence-electron chi connectivity index (χ1n) is 6.61. The van der Waals surface area contributed by atoms with Crippen molar-refractivity contribution in [3.63, 3.8) is 0 Å². The SMILES string of the molecule is CSc1ccc(CN(C)C(=O)CCCCC(=O)O)cc1. The van der Waals surface area contributed by atoms with Crippen LogP contribution in [0, 0.1) is 0 Å². The van der Waals surface area contributed by atoms with Crippen LogP contribution in [-0.4, -0.2) is 35.2 Å². The second kappa shape index (κ2) is 8.64. The van der Waals surface area contributed by atoms with Crippen LogP contribution in [0.25, 0.3) is 0 Å². The van der Waals surface area contributed by atoms with Gasteiger partial charge in [0.05, 0.1) is 0 Å². The number of carboxylic acids is 1. The number of aliphatic carboxylic acids is 1. The zero-order valence-electron chi connectivity index (χ0n) is 12.0. The number of thioether (sulfide) groups is 1. The molecule has 1 rings (SSSR count). The summed E-state index contributed by atoms with van der Waals surface area (Å²) in [5, 5.41) is 8.53. The van der Waals surface area contributed by atoms with Crippen molar-refractivity contribution in [2.24, 2.45) is 0 Å². The minimum absolute atomic E-state index is 0.0596. The number of hydrogen-bond acceptors (Lipinski definition) is 3. The zero-order valence-corrected chi connectivity index (χ0v) is 12.8. The van der Waals surface area contributed by atoms with E-state index >= 15 is 0 Å². The van der Waals surface area contributed by atoms with Crippen molar-refractivity contribution in [3.8, 4) is 0 Å². The molecule has 1 aromatic rings. The molecule has 0 aliphatic rings. The Morgan fingerprint density at radius 3 is 2.30 bits per heavy atom. The molecule has 0 atom stereocenters. The van der Waals surface area contributed by atoms with Crippen LogP contribution in [0.15, 0.2) is 29.2 Å². The maximum Gasteiger partial charge on any atom is 0.303 e. The highest BCUT2D eigenvalue weighted by Gasteiger charge is 2.09. The maximum atomic E-state index is 11.9. The van der Waals surface area contributed by atoms with Crippen LogP contribution >= 0.6 is 11.8 Å². The fourth-order valence-electron chi connectivity index (χ4n) is 1.84. The summed E-state index contributed by atoms with van der Waals surface area (Å²) in [5.41, 5.74) is 1.10. The molecule has 0 aliphatic heterocycles. The van der Waals surface area contributed by atoms with E-state index in [1.807, 2.05) is 30.5 Å². The van der Waals surface area contributed by atoms with Crippen LogP contribution in [-0.2, 0) is 16.1 Å². The van der Waals surface area contributed by atoms with E-state index in [2.05, 4.69) is 0 Å². The van der Waals surface area contributed by atoms with E-state index in [-0.39, 0.29) is 12.3 Å². The molecule has 1 amide bonds. The van der Waals surface area contributed by atoms with Crippen molar-refractivity contribution >= 4 is 23.6 Å². The van der Waals surface area contributed by atoms with Crippen LogP contribution in [0.2, 0.25) is 0 Å². The molecule has 0 fully saturated rings. The van der Waals surface area contributed by atoms with Crippen LogP contribution in [0.5, 0.6) is 0 Å². The first-order chi connectivity index (χ1) is 9.52. The van der Waals surface area contributed by atoms with Gasteiger partial charge in [-0.15, -0.1) is 11.8 Å². The average Bonchev–Trinajstić information content (AvgIpc) is 2.44. The summed E-state index contributed by atoms with van der Waals surface area (Å²) in [6.45, 7) is 0.590. The Morgan fingerprint density at radius 2 is 1.75 bits per heavy atom. The topological polar surface area (TPSA) is 57.6 Å². The Kier molecular flexibility index (Phi) is 7.15. The summed E-state index contributed by atoms with van der Waals surface area (Å²) in [7, 11) is 1.78. The molecule has 1 aromatic carbocycles. The van der Waals surface area contributed by atoms with Crippen molar-refractivity contribution in [2.75, 3.05) is 13.3 Å². The lowest BCUT2D eigenvalue weighted by Gasteiger charge is -2.17. The van der Waals surface area contributed by atoms with Crippen LogP contribution in [0.3, 0.4) is 0 Å². The van der Waals surface area contributed by atoms with Gasteiger partial charge in [-0.05, 0) is 36.8 Å². The molecule has 5 heteroatoms. The Balaban J connectivity index is 2.34. The number of carboxylic acid groups (broad SMARTS) is 1. The first-order valence-corrected chi connectivity index (χ1v) is 7.84. The summed E-state index contributed by atoms with van der Waals surface area (Å²) < 4.78 is 0. The van der Waals surface area contributed by atoms with Gasteiger partial charge in [-0.25, -0.2) is 0 Å². The molecule has 20 heavy (non-hydrogen) atoms. The Morgan fingerprint density at radius 1 is 1.15 bits per heavy atom. The predicted molar refractivity (Wildman–Crippen MR) is 80.8 cm³/mol. The lowest BCUT2D eigenvalue weighted by molar-refractivity contribution is -0.137. The number of nitrogens with zero attached hydrogens (tertiary/aromatic N) is 1. The third kappa shape index (κ3) is 6.10. The molecule has 1 N–H and O–H groups in total. The number of rotatable bonds is 8. The molecular formula is C15H21NO3S. The standard InChI is InChI=1S/C15H21NO3S/c1-16(14(17)5-3-4-6-15(18)19)11-12-7-9-13(20-2)10-8-12/h7-10H,3-6,11H2,1-2H3,(H,18,19). The molecule has 0 unspecified atom stereocenters. The molecule has 110 valence electrons. The second-order valence-electron chi connectivity index (χ2n) is 4.70. The minimum atomic E-state index is -0.806. The van der Waals surface area contributed by atoms with E-state index in [0.717, 1.165) is 5.56 Å². The highest BCUT2D eigenvalue weighted by Crippen LogP contribution is 2.16. The molecule has 4 nitrogen and oxygen atoms in total. The Bertz CT molecular complexity index is 445. The molecule has 0 spiro atoms. The van der Waals surface area contributed by atoms with Crippen LogP contribution in [0.4, 0.5) is 0 Å². The van der Waals surface area contributed by atoms with E-state index in [0.29, 0.717) is 25.8 Å². The van der Waals surface area contributed by atoms with Crippen molar-refractivity contribution in [1.82, 2.24) is 4.90 Å². The van der Waals surface area contributed by atoms with Gasteiger partial charge < -0.3 is 10.0 Å². The van der Waals surface area contributed by atoms with Crippen molar-refractivity contribution in [3.05, 3.63) is 29.8 Å². The number of unbranched alkanes of at least 4 members (excludes halogenated alkanes) is 1. The molecular weight excluding hydrogens is 274 g/mol. The smallest absolute Gasteiger partial charge is 0.303 e. The molecule has 0 saturated carbocycles. The lowest BCUT2D eigenvalue weighted by Crippen LogP contribution is -2.25. The summed E-state index contributed by atoms with van der Waals surface area (Å²) in [5.74, 6) is -0.746. The highest BCUT2D eigenvalue weighted by atomic mass is 32.2. The number of benzene rings is 1. The van der Waals surface area contributed by atoms with E-state index in [4.69, 9.17) is 5.11 Å². The first kappa shape index (κ1) is 16.6. The monoisotopic (exact) mass is 295 g/mol. The van der Waals surface area contributed by atoms with Gasteiger partial charge >= 0.3 is 5.97 Å². The van der Waals surface area contributed by atoms with Gasteiger partial charge in [0.25, 0.3) is 0 Å². The molecule has 0 aromatic heterocycles. The van der Waals surface area contributed by atoms with Crippen molar-refractivity contribution in [1.29, 1.82) is 0 Å². The Labute approximate surface area is 124 Å². The number of carbonyl (C=O) groups excluding carboxylic acids is 1. The van der Waals surface area contributed by atoms with E-state index in [1.165, 1.54) is 4.90 Å². The fraction of sp³-hybridized carbons (Fsp3) is 0.467. The van der Waals surface area contributed by atoms with Crippen molar-refractivity contribution < 1.29 is 14.7 Å². The summed E-state index contributed by atoms with van der Waals surface area (Å²) in [6, 6.07) is 8.15. The minimum Gasteiger partial charge on any atom is -0.481 e. The fourth-order valence-corrected chi connectivity index (χ4v) is 2.24. The van der Waals surface area contributed by atoms with Gasteiger partial charge in [0.2, 0.25) is 5.91 Å². The molecule has 0 bridgehead atoms. The number of amides is 1. The zero-order chi connectivity index (χ0) is 15.0. The van der Waals surface area contributed by atoms with Gasteiger partial charge in [0.1, 0.15) is 0 Å². The van der Waals surface area contributed by atoms with E-state index in [1.54, 1.807) is 23.7 Å². The maximum absolute atomic E-state index is 11.9. The quantitative estimate of drug-likeness (QED) is 0.591. The number of hydrogen-bond donors (Lipinski definition) is 1. The highest BCUT2D eigenvalue weighted by molar-refractivity contribution is 7.98. The van der Waals surface area contributed by atoms with Gasteiger partial charge in [0.15, 0.2) is 0 Å². The van der Waals surface area contributed by atoms with E-state index in [9.17, 15) is 9.59 Å². The third-order valence-electron chi connectivity index (χ3n) is 3.04. The van der Waals surface area contributed by atoms with E-state index < -0.39 is 5.97 Å². The molecule has 0 radical (unpaired) electrons. The summed E-state index contributed by atoms with van der Waals surface area (Å²) in [6.07, 6.45) is 3.75. The van der Waals surface area contributed by atoms with Crippen LogP contribution in [0.1, 0.15) is 31.2 Å². The summed E-state index contributed by atoms with van der Waals surface area (Å²) >= 11 is 1.69. The van der Waals surface area contributed by atoms with Gasteiger partial charge in [0, 0.05) is 31.3 Å². The largest absolute Gasteiger partial charge is 0.481 e. The average molecular weight is 295 g/mol. The molecule has 0 saturated heterocycles. The van der Waals surface area contributed by atoms with Gasteiger partial charge in [-0.2, -0.15) is 0 Å². The van der Waals surface area contributed by atoms with Crippen LogP contribution < -0.4 is 0 Å². The van der Waals surface area contributed by atoms with Gasteiger partial charge in [-0.3, -0.25) is 9.59 Å². The van der Waals surface area contributed by atoms with Gasteiger partial charge in [-0.1, -0.05) is 12.1 Å². The second-order valence-corrected chi connectivity index (χ2v) is 5.58. The Hall–Kier alpha value is -1.49. The number of carbonyl (C=O) groups is 2. The third-order valence-corrected chi connectivity index (χ3v) is 3.78. The predicted octanol–water partition coefficient (Wildman–Crippen LogP) is 3.01. The summed E-state index contributed by atoms with van der Waals surface area (Å²) in [4.78, 5) is 25.2. The lowest BCUT2D eigenvalue weighted by atomic mass is 10.1. The normalized spacial score (nSPS) is 10.3.